The van der Waals surface area contributed by atoms with E-state index in [1.54, 1.807) is 24.3 Å². The Hall–Kier alpha value is -1.60. The maximum atomic E-state index is 12.1. The van der Waals surface area contributed by atoms with E-state index in [2.05, 4.69) is 10.6 Å². The first-order chi connectivity index (χ1) is 12.4. The minimum absolute atomic E-state index is 0.162. The number of hydrogen-bond acceptors (Lipinski definition) is 4. The second-order valence-electron chi connectivity index (χ2n) is 7.63. The molecule has 1 aliphatic heterocycles. The minimum atomic E-state index is -3.19. The number of sulfone groups is 1. The van der Waals surface area contributed by atoms with Gasteiger partial charge in [-0.2, -0.15) is 0 Å². The number of amides is 2. The van der Waals surface area contributed by atoms with Crippen molar-refractivity contribution in [2.24, 2.45) is 5.41 Å². The van der Waals surface area contributed by atoms with Crippen LogP contribution in [-0.4, -0.2) is 40.0 Å². The molecule has 1 aromatic carbocycles. The summed E-state index contributed by atoms with van der Waals surface area (Å²) in [5, 5.41) is 5.93. The average molecular weight is 381 g/mol. The molecule has 1 heterocycles. The highest BCUT2D eigenvalue weighted by Gasteiger charge is 2.36. The third-order valence-corrected chi connectivity index (χ3v) is 6.87. The maximum Gasteiger partial charge on any atom is 0.315 e. The zero-order valence-corrected chi connectivity index (χ0v) is 16.1. The third kappa shape index (κ3) is 4.98. The molecule has 0 atom stereocenters. The summed E-state index contributed by atoms with van der Waals surface area (Å²) in [5.74, 6) is 0. The SMILES string of the molecule is CS(=O)(=O)c1ccc(CNC(=O)NC2CCC3(CCOCC3)CC2)cc1. The number of ether oxygens (including phenoxy) is 1. The molecule has 2 aliphatic rings. The molecule has 2 fully saturated rings. The Labute approximate surface area is 155 Å². The monoisotopic (exact) mass is 380 g/mol. The number of carbonyl (C=O) groups is 1. The lowest BCUT2D eigenvalue weighted by molar-refractivity contribution is -0.00860. The summed E-state index contributed by atoms with van der Waals surface area (Å²) >= 11 is 0. The predicted octanol–water partition coefficient (Wildman–Crippen LogP) is 2.63. The van der Waals surface area contributed by atoms with Crippen LogP contribution in [0.3, 0.4) is 0 Å². The number of nitrogens with one attached hydrogen (secondary N) is 2. The van der Waals surface area contributed by atoms with Crippen LogP contribution in [0.5, 0.6) is 0 Å². The lowest BCUT2D eigenvalue weighted by Gasteiger charge is -2.42. The van der Waals surface area contributed by atoms with E-state index in [-0.39, 0.29) is 17.0 Å². The first-order valence-corrected chi connectivity index (χ1v) is 11.2. The summed E-state index contributed by atoms with van der Waals surface area (Å²) < 4.78 is 28.4. The Bertz CT molecular complexity index is 714. The van der Waals surface area contributed by atoms with Crippen LogP contribution in [0.25, 0.3) is 0 Å². The molecule has 2 amide bonds. The number of hydrogen-bond donors (Lipinski definition) is 2. The van der Waals surface area contributed by atoms with Gasteiger partial charge >= 0.3 is 6.03 Å². The first kappa shape index (κ1) is 19.2. The fraction of sp³-hybridized carbons (Fsp3) is 0.632. The molecule has 0 radical (unpaired) electrons. The summed E-state index contributed by atoms with van der Waals surface area (Å²) in [6.07, 6.45) is 7.85. The third-order valence-electron chi connectivity index (χ3n) is 5.74. The van der Waals surface area contributed by atoms with Gasteiger partial charge in [-0.05, 0) is 61.6 Å². The van der Waals surface area contributed by atoms with Crippen molar-refractivity contribution in [2.75, 3.05) is 19.5 Å². The van der Waals surface area contributed by atoms with E-state index < -0.39 is 9.84 Å². The number of carbonyl (C=O) groups excluding carboxylic acids is 1. The summed E-state index contributed by atoms with van der Waals surface area (Å²) in [4.78, 5) is 12.4. The van der Waals surface area contributed by atoms with E-state index in [0.29, 0.717) is 12.0 Å². The van der Waals surface area contributed by atoms with E-state index >= 15 is 0 Å². The molecule has 2 N–H and O–H groups in total. The second-order valence-corrected chi connectivity index (χ2v) is 9.65. The van der Waals surface area contributed by atoms with Crippen molar-refractivity contribution in [3.05, 3.63) is 29.8 Å². The van der Waals surface area contributed by atoms with Gasteiger partial charge in [0, 0.05) is 32.1 Å². The van der Waals surface area contributed by atoms with Crippen LogP contribution in [0, 0.1) is 5.41 Å². The van der Waals surface area contributed by atoms with Crippen LogP contribution in [0.2, 0.25) is 0 Å². The van der Waals surface area contributed by atoms with Gasteiger partial charge in [0.2, 0.25) is 0 Å². The maximum absolute atomic E-state index is 12.1. The van der Waals surface area contributed by atoms with E-state index in [4.69, 9.17) is 4.74 Å². The topological polar surface area (TPSA) is 84.5 Å². The largest absolute Gasteiger partial charge is 0.381 e. The second kappa shape index (κ2) is 7.96. The van der Waals surface area contributed by atoms with E-state index in [1.165, 1.54) is 6.26 Å². The van der Waals surface area contributed by atoms with Gasteiger partial charge in [0.1, 0.15) is 0 Å². The molecule has 1 saturated carbocycles. The van der Waals surface area contributed by atoms with Crippen LogP contribution in [0.4, 0.5) is 4.79 Å². The zero-order valence-electron chi connectivity index (χ0n) is 15.3. The Balaban J connectivity index is 1.42. The van der Waals surface area contributed by atoms with Gasteiger partial charge in [-0.15, -0.1) is 0 Å². The molecule has 26 heavy (non-hydrogen) atoms. The number of rotatable bonds is 4. The molecule has 1 aliphatic carbocycles. The summed E-state index contributed by atoms with van der Waals surface area (Å²) in [6, 6.07) is 6.66. The van der Waals surface area contributed by atoms with Gasteiger partial charge in [-0.1, -0.05) is 12.1 Å². The molecule has 3 rings (SSSR count). The lowest BCUT2D eigenvalue weighted by Crippen LogP contribution is -2.45. The fourth-order valence-corrected chi connectivity index (χ4v) is 4.58. The van der Waals surface area contributed by atoms with Crippen LogP contribution in [-0.2, 0) is 21.1 Å². The van der Waals surface area contributed by atoms with Gasteiger partial charge in [-0.25, -0.2) is 13.2 Å². The quantitative estimate of drug-likeness (QED) is 0.841. The molecule has 7 heteroatoms. The summed E-state index contributed by atoms with van der Waals surface area (Å²) in [5.41, 5.74) is 1.31. The van der Waals surface area contributed by atoms with Crippen LogP contribution in [0.15, 0.2) is 29.2 Å². The number of benzene rings is 1. The van der Waals surface area contributed by atoms with Crippen molar-refractivity contribution >= 4 is 15.9 Å². The van der Waals surface area contributed by atoms with Crippen LogP contribution >= 0.6 is 0 Å². The summed E-state index contributed by atoms with van der Waals surface area (Å²) in [7, 11) is -3.19. The highest BCUT2D eigenvalue weighted by atomic mass is 32.2. The first-order valence-electron chi connectivity index (χ1n) is 9.28. The van der Waals surface area contributed by atoms with Crippen LogP contribution < -0.4 is 10.6 Å². The Morgan fingerprint density at radius 3 is 2.31 bits per heavy atom. The predicted molar refractivity (Wildman–Crippen MR) is 99.7 cm³/mol. The van der Waals surface area contributed by atoms with E-state index in [9.17, 15) is 13.2 Å². The van der Waals surface area contributed by atoms with Crippen LogP contribution in [0.1, 0.15) is 44.1 Å². The van der Waals surface area contributed by atoms with Crippen molar-refractivity contribution in [1.82, 2.24) is 10.6 Å². The van der Waals surface area contributed by atoms with E-state index in [0.717, 1.165) is 57.3 Å². The molecule has 6 nitrogen and oxygen atoms in total. The Kier molecular flexibility index (Phi) is 5.87. The summed E-state index contributed by atoms with van der Waals surface area (Å²) in [6.45, 7) is 2.12. The zero-order chi connectivity index (χ0) is 18.6. The normalized spacial score (nSPS) is 20.7. The van der Waals surface area contributed by atoms with Crippen molar-refractivity contribution < 1.29 is 17.9 Å². The lowest BCUT2D eigenvalue weighted by atomic mass is 9.68. The minimum Gasteiger partial charge on any atom is -0.381 e. The molecular formula is C19H28N2O4S. The molecule has 1 aromatic rings. The van der Waals surface area contributed by atoms with Crippen molar-refractivity contribution in [2.45, 2.75) is 56.0 Å². The van der Waals surface area contributed by atoms with Gasteiger partial charge in [0.25, 0.3) is 0 Å². The van der Waals surface area contributed by atoms with Crippen molar-refractivity contribution in [3.63, 3.8) is 0 Å². The highest BCUT2D eigenvalue weighted by Crippen LogP contribution is 2.44. The standard InChI is InChI=1S/C19H28N2O4S/c1-26(23,24)17-4-2-15(3-5-17)14-20-18(22)21-16-6-8-19(9-7-16)10-12-25-13-11-19/h2-5,16H,6-14H2,1H3,(H2,20,21,22). The fourth-order valence-electron chi connectivity index (χ4n) is 3.95. The van der Waals surface area contributed by atoms with Gasteiger partial charge in [-0.3, -0.25) is 0 Å². The molecule has 0 aromatic heterocycles. The average Bonchev–Trinajstić information content (AvgIpc) is 2.63. The van der Waals surface area contributed by atoms with Gasteiger partial charge in [0.15, 0.2) is 9.84 Å². The smallest absolute Gasteiger partial charge is 0.315 e. The van der Waals surface area contributed by atoms with Gasteiger partial charge in [0.05, 0.1) is 4.90 Å². The molecule has 0 bridgehead atoms. The Morgan fingerprint density at radius 1 is 1.12 bits per heavy atom. The molecule has 1 saturated heterocycles. The number of urea groups is 1. The van der Waals surface area contributed by atoms with Gasteiger partial charge < -0.3 is 15.4 Å². The molecule has 144 valence electrons. The van der Waals surface area contributed by atoms with Crippen molar-refractivity contribution in [1.29, 1.82) is 0 Å². The molecule has 1 spiro atoms. The van der Waals surface area contributed by atoms with Crippen molar-refractivity contribution in [3.8, 4) is 0 Å². The molecular weight excluding hydrogens is 352 g/mol. The molecule has 0 unspecified atom stereocenters. The Morgan fingerprint density at radius 2 is 1.73 bits per heavy atom. The highest BCUT2D eigenvalue weighted by molar-refractivity contribution is 7.90. The van der Waals surface area contributed by atoms with E-state index in [1.807, 2.05) is 0 Å².